The molecule has 0 aliphatic heterocycles. The summed E-state index contributed by atoms with van der Waals surface area (Å²) in [6.45, 7) is 6.06. The van der Waals surface area contributed by atoms with Gasteiger partial charge >= 0.3 is 5.97 Å². The molecule has 33 heavy (non-hydrogen) atoms. The van der Waals surface area contributed by atoms with E-state index in [2.05, 4.69) is 10.5 Å². The summed E-state index contributed by atoms with van der Waals surface area (Å²) < 4.78 is 7.08. The van der Waals surface area contributed by atoms with Crippen LogP contribution in [-0.2, 0) is 9.53 Å². The molecule has 0 aliphatic rings. The van der Waals surface area contributed by atoms with E-state index < -0.39 is 6.10 Å². The van der Waals surface area contributed by atoms with Crippen LogP contribution >= 0.6 is 0 Å². The predicted molar refractivity (Wildman–Crippen MR) is 128 cm³/mol. The van der Waals surface area contributed by atoms with Crippen LogP contribution in [-0.4, -0.2) is 34.4 Å². The summed E-state index contributed by atoms with van der Waals surface area (Å²) in [6, 6.07) is 18.5. The quantitative estimate of drug-likeness (QED) is 0.292. The number of amides is 1. The van der Waals surface area contributed by atoms with Crippen molar-refractivity contribution in [1.29, 1.82) is 0 Å². The third kappa shape index (κ3) is 6.17. The van der Waals surface area contributed by atoms with E-state index >= 15 is 0 Å². The third-order valence-electron chi connectivity index (χ3n) is 5.33. The lowest BCUT2D eigenvalue weighted by Crippen LogP contribution is -2.18. The number of carbonyl (C=O) groups excluding carboxylic acids is 2. The average Bonchev–Trinajstić information content (AvgIpc) is 3.11. The van der Waals surface area contributed by atoms with Gasteiger partial charge in [0.2, 0.25) is 5.91 Å². The molecule has 0 unspecified atom stereocenters. The van der Waals surface area contributed by atoms with Crippen LogP contribution in [0.15, 0.2) is 65.8 Å². The van der Waals surface area contributed by atoms with Gasteiger partial charge in [0.1, 0.15) is 0 Å². The predicted octanol–water partition coefficient (Wildman–Crippen LogP) is 4.23. The Morgan fingerprint density at radius 1 is 1.12 bits per heavy atom. The number of hydrazone groups is 1. The number of nitrogens with one attached hydrogen (secondary N) is 1. The highest BCUT2D eigenvalue weighted by molar-refractivity contribution is 5.89. The average molecular weight is 448 g/mol. The summed E-state index contributed by atoms with van der Waals surface area (Å²) in [7, 11) is 0. The number of hydrogen-bond donors (Lipinski definition) is 2. The van der Waals surface area contributed by atoms with E-state index in [1.165, 1.54) is 0 Å². The number of carbonyl (C=O) groups is 2. The van der Waals surface area contributed by atoms with Gasteiger partial charge in [-0.05, 0) is 63.1 Å². The summed E-state index contributed by atoms with van der Waals surface area (Å²) in [6.07, 6.45) is 1.41. The van der Waals surface area contributed by atoms with Gasteiger partial charge in [0, 0.05) is 29.1 Å². The maximum atomic E-state index is 12.1. The van der Waals surface area contributed by atoms with Gasteiger partial charge in [-0.15, -0.1) is 0 Å². The number of rotatable bonds is 9. The normalized spacial score (nSPS) is 12.0. The van der Waals surface area contributed by atoms with Crippen LogP contribution in [0.2, 0.25) is 0 Å². The van der Waals surface area contributed by atoms with E-state index in [0.717, 1.165) is 28.2 Å². The Balaban J connectivity index is 1.60. The Bertz CT molecular complexity index is 1120. The van der Waals surface area contributed by atoms with E-state index in [9.17, 15) is 14.7 Å². The lowest BCUT2D eigenvalue weighted by molar-refractivity contribution is -0.121. The fraction of sp³-hybridized carbons (Fsp3) is 0.269. The summed E-state index contributed by atoms with van der Waals surface area (Å²) >= 11 is 0. The smallest absolute Gasteiger partial charge is 0.338 e. The Hall–Kier alpha value is -3.71. The minimum atomic E-state index is -0.685. The molecule has 2 aromatic carbocycles. The van der Waals surface area contributed by atoms with Crippen LogP contribution in [0.1, 0.15) is 58.7 Å². The van der Waals surface area contributed by atoms with Crippen LogP contribution < -0.4 is 5.43 Å². The van der Waals surface area contributed by atoms with Crippen molar-refractivity contribution in [2.24, 2.45) is 5.10 Å². The minimum Gasteiger partial charge on any atom is -0.462 e. The Labute approximate surface area is 193 Å². The summed E-state index contributed by atoms with van der Waals surface area (Å²) in [4.78, 5) is 24.0. The number of ether oxygens (including phenoxy) is 1. The number of nitrogens with zero attached hydrogens (tertiary/aromatic N) is 2. The molecule has 3 aromatic rings. The number of benzene rings is 2. The monoisotopic (exact) mass is 447 g/mol. The summed E-state index contributed by atoms with van der Waals surface area (Å²) in [5.41, 5.74) is 7.55. The van der Waals surface area contributed by atoms with Crippen LogP contribution in [0.25, 0.3) is 5.69 Å². The van der Waals surface area contributed by atoms with Crippen molar-refractivity contribution < 1.29 is 19.4 Å². The lowest BCUT2D eigenvalue weighted by Gasteiger charge is -2.10. The van der Waals surface area contributed by atoms with Gasteiger partial charge in [0.05, 0.1) is 24.5 Å². The van der Waals surface area contributed by atoms with Crippen molar-refractivity contribution >= 4 is 18.1 Å². The fourth-order valence-electron chi connectivity index (χ4n) is 3.62. The van der Waals surface area contributed by atoms with Gasteiger partial charge in [-0.3, -0.25) is 4.79 Å². The van der Waals surface area contributed by atoms with Crippen molar-refractivity contribution in [2.45, 2.75) is 39.7 Å². The zero-order valence-corrected chi connectivity index (χ0v) is 19.1. The van der Waals surface area contributed by atoms with Crippen molar-refractivity contribution in [2.75, 3.05) is 6.61 Å². The van der Waals surface area contributed by atoms with E-state index in [1.807, 2.05) is 66.9 Å². The topological polar surface area (TPSA) is 92.9 Å². The Morgan fingerprint density at radius 2 is 1.82 bits per heavy atom. The second kappa shape index (κ2) is 11.2. The zero-order chi connectivity index (χ0) is 23.8. The largest absolute Gasteiger partial charge is 0.462 e. The van der Waals surface area contributed by atoms with Crippen molar-refractivity contribution in [1.82, 2.24) is 9.99 Å². The highest BCUT2D eigenvalue weighted by atomic mass is 16.5. The maximum Gasteiger partial charge on any atom is 0.338 e. The van der Waals surface area contributed by atoms with Crippen molar-refractivity contribution in [3.8, 4) is 5.69 Å². The van der Waals surface area contributed by atoms with Crippen molar-refractivity contribution in [3.05, 3.63) is 88.7 Å². The van der Waals surface area contributed by atoms with Crippen LogP contribution in [0.4, 0.5) is 0 Å². The first-order valence-electron chi connectivity index (χ1n) is 10.9. The molecule has 1 heterocycles. The highest BCUT2D eigenvalue weighted by Crippen LogP contribution is 2.21. The fourth-order valence-corrected chi connectivity index (χ4v) is 3.62. The van der Waals surface area contributed by atoms with Crippen LogP contribution in [0, 0.1) is 13.8 Å². The van der Waals surface area contributed by atoms with Gasteiger partial charge < -0.3 is 14.4 Å². The Kier molecular flexibility index (Phi) is 8.16. The molecule has 2 N–H and O–H groups in total. The SMILES string of the molecule is CCOC(=O)c1ccc(-n2c(C)cc(/C=N\NC(=O)CC[C@H](O)c3ccccc3)c2C)cc1. The first-order chi connectivity index (χ1) is 15.9. The summed E-state index contributed by atoms with van der Waals surface area (Å²) in [5, 5.41) is 14.3. The molecule has 172 valence electrons. The number of aromatic nitrogens is 1. The number of aryl methyl sites for hydroxylation is 1. The molecule has 0 fully saturated rings. The van der Waals surface area contributed by atoms with E-state index in [-0.39, 0.29) is 18.3 Å². The molecule has 0 aliphatic carbocycles. The lowest BCUT2D eigenvalue weighted by atomic mass is 10.1. The van der Waals surface area contributed by atoms with Crippen LogP contribution in [0.3, 0.4) is 0 Å². The summed E-state index contributed by atoms with van der Waals surface area (Å²) in [5.74, 6) is -0.602. The number of aliphatic hydroxyl groups excluding tert-OH is 1. The van der Waals surface area contributed by atoms with E-state index in [4.69, 9.17) is 4.74 Å². The first-order valence-corrected chi connectivity index (χ1v) is 10.9. The van der Waals surface area contributed by atoms with Crippen molar-refractivity contribution in [3.63, 3.8) is 0 Å². The van der Waals surface area contributed by atoms with Gasteiger partial charge in [0.25, 0.3) is 0 Å². The third-order valence-corrected chi connectivity index (χ3v) is 5.33. The maximum absolute atomic E-state index is 12.1. The second-order valence-electron chi connectivity index (χ2n) is 7.69. The molecule has 7 heteroatoms. The molecule has 0 radical (unpaired) electrons. The van der Waals surface area contributed by atoms with E-state index in [0.29, 0.717) is 18.6 Å². The highest BCUT2D eigenvalue weighted by Gasteiger charge is 2.12. The Morgan fingerprint density at radius 3 is 2.48 bits per heavy atom. The van der Waals surface area contributed by atoms with Gasteiger partial charge in [0.15, 0.2) is 0 Å². The molecule has 7 nitrogen and oxygen atoms in total. The molecule has 1 amide bonds. The molecular weight excluding hydrogens is 418 g/mol. The van der Waals surface area contributed by atoms with Crippen LogP contribution in [0.5, 0.6) is 0 Å². The molecule has 0 bridgehead atoms. The van der Waals surface area contributed by atoms with Gasteiger partial charge in [-0.2, -0.15) is 5.10 Å². The first kappa shape index (κ1) is 23.9. The van der Waals surface area contributed by atoms with Gasteiger partial charge in [-0.25, -0.2) is 10.2 Å². The molecule has 0 spiro atoms. The molecule has 3 rings (SSSR count). The molecule has 0 saturated heterocycles. The van der Waals surface area contributed by atoms with Gasteiger partial charge in [-0.1, -0.05) is 30.3 Å². The number of aliphatic hydroxyl groups is 1. The minimum absolute atomic E-state index is 0.166. The number of hydrogen-bond acceptors (Lipinski definition) is 5. The molecular formula is C26H29N3O4. The second-order valence-corrected chi connectivity index (χ2v) is 7.69. The number of esters is 1. The molecule has 1 atom stereocenters. The van der Waals surface area contributed by atoms with E-state index in [1.54, 1.807) is 25.3 Å². The zero-order valence-electron chi connectivity index (χ0n) is 19.1. The molecule has 0 saturated carbocycles. The molecule has 1 aromatic heterocycles. The standard InChI is InChI=1S/C26H29N3O4/c1-4-33-26(32)21-10-12-23(13-11-21)29-18(2)16-22(19(29)3)17-27-28-25(31)15-14-24(30)20-8-6-5-7-9-20/h5-13,16-17,24,30H,4,14-15H2,1-3H3,(H,28,31)/b27-17-/t24-/m0/s1.